The van der Waals surface area contributed by atoms with Gasteiger partial charge in [0.05, 0.1) is 6.61 Å². The van der Waals surface area contributed by atoms with Crippen molar-refractivity contribution in [1.82, 2.24) is 0 Å². The number of ether oxygens (including phenoxy) is 1. The van der Waals surface area contributed by atoms with Gasteiger partial charge < -0.3 is 9.84 Å². The van der Waals surface area contributed by atoms with E-state index < -0.39 is 0 Å². The zero-order valence-electron chi connectivity index (χ0n) is 6.37. The van der Waals surface area contributed by atoms with Crippen molar-refractivity contribution < 1.29 is 14.6 Å². The normalized spacial score (nSPS) is 15.0. The van der Waals surface area contributed by atoms with E-state index in [2.05, 4.69) is 0 Å². The summed E-state index contributed by atoms with van der Waals surface area (Å²) in [6.07, 6.45) is 2.39. The van der Waals surface area contributed by atoms with Crippen molar-refractivity contribution in [1.29, 1.82) is 0 Å². The Morgan fingerprint density at radius 1 is 1.58 bits per heavy atom. The maximum atomic E-state index is 10.4. The summed E-state index contributed by atoms with van der Waals surface area (Å²) in [7, 11) is 0. The molecule has 0 fully saturated rings. The number of hydrogen-bond acceptors (Lipinski definition) is 4. The topological polar surface area (TPSA) is 46.5 Å². The minimum Gasteiger partial charge on any atom is -0.506 e. The fraction of sp³-hybridized carbons (Fsp3) is 0.375. The second-order valence-corrected chi connectivity index (χ2v) is 3.67. The van der Waals surface area contributed by atoms with Gasteiger partial charge in [0.1, 0.15) is 10.6 Å². The van der Waals surface area contributed by atoms with Gasteiger partial charge in [0.2, 0.25) is 0 Å². The fourth-order valence-electron chi connectivity index (χ4n) is 1.29. The molecule has 0 atom stereocenters. The summed E-state index contributed by atoms with van der Waals surface area (Å²) in [5.41, 5.74) is 0.799. The first-order valence-corrected chi connectivity index (χ1v) is 4.57. The molecule has 0 amide bonds. The molecular formula is C8H8O3S. The Morgan fingerprint density at radius 3 is 3.08 bits per heavy atom. The molecular weight excluding hydrogens is 176 g/mol. The van der Waals surface area contributed by atoms with E-state index in [1.165, 1.54) is 11.3 Å². The van der Waals surface area contributed by atoms with Crippen LogP contribution in [-0.4, -0.2) is 18.0 Å². The Balaban J connectivity index is 2.51. The third-order valence-electron chi connectivity index (χ3n) is 1.88. The summed E-state index contributed by atoms with van der Waals surface area (Å²) in [6, 6.07) is 0. The van der Waals surface area contributed by atoms with Gasteiger partial charge in [-0.1, -0.05) is 11.3 Å². The van der Waals surface area contributed by atoms with Crippen molar-refractivity contribution >= 4 is 17.6 Å². The molecule has 1 aromatic heterocycles. The molecule has 12 heavy (non-hydrogen) atoms. The molecule has 0 unspecified atom stereocenters. The second kappa shape index (κ2) is 2.79. The molecule has 1 aromatic rings. The molecule has 0 saturated carbocycles. The highest BCUT2D eigenvalue weighted by Gasteiger charge is 2.20. The van der Waals surface area contributed by atoms with Gasteiger partial charge >= 0.3 is 0 Å². The van der Waals surface area contributed by atoms with E-state index in [0.29, 0.717) is 22.8 Å². The Morgan fingerprint density at radius 2 is 2.42 bits per heavy atom. The van der Waals surface area contributed by atoms with Crippen molar-refractivity contribution in [3.63, 3.8) is 0 Å². The predicted molar refractivity (Wildman–Crippen MR) is 45.2 cm³/mol. The van der Waals surface area contributed by atoms with Crippen LogP contribution in [0.3, 0.4) is 0 Å². The minimum atomic E-state index is 0.115. The summed E-state index contributed by atoms with van der Waals surface area (Å²) < 4.78 is 5.29. The highest BCUT2D eigenvalue weighted by atomic mass is 32.1. The molecule has 2 heterocycles. The molecule has 64 valence electrons. The third kappa shape index (κ3) is 0.992. The summed E-state index contributed by atoms with van der Waals surface area (Å²) in [5, 5.41) is 10.2. The Labute approximate surface area is 73.6 Å². The molecule has 2 rings (SSSR count). The lowest BCUT2D eigenvalue weighted by Gasteiger charge is -2.11. The lowest BCUT2D eigenvalue weighted by atomic mass is 10.1. The highest BCUT2D eigenvalue weighted by molar-refractivity contribution is 7.16. The van der Waals surface area contributed by atoms with Crippen LogP contribution in [0.2, 0.25) is 0 Å². The van der Waals surface area contributed by atoms with E-state index in [9.17, 15) is 9.90 Å². The van der Waals surface area contributed by atoms with Crippen LogP contribution < -0.4 is 4.74 Å². The highest BCUT2D eigenvalue weighted by Crippen LogP contribution is 2.42. The number of aldehydes is 1. The smallest absolute Gasteiger partial charge is 0.181 e. The molecule has 1 aliphatic heterocycles. The molecule has 0 saturated heterocycles. The first-order chi connectivity index (χ1) is 5.83. The van der Waals surface area contributed by atoms with Crippen LogP contribution in [-0.2, 0) is 6.42 Å². The van der Waals surface area contributed by atoms with Gasteiger partial charge in [0.15, 0.2) is 11.3 Å². The summed E-state index contributed by atoms with van der Waals surface area (Å²) in [5.74, 6) is 0.115. The zero-order valence-corrected chi connectivity index (χ0v) is 7.19. The zero-order chi connectivity index (χ0) is 8.55. The molecule has 4 heteroatoms. The van der Waals surface area contributed by atoms with Crippen LogP contribution in [0.1, 0.15) is 21.7 Å². The summed E-state index contributed by atoms with van der Waals surface area (Å²) in [4.78, 5) is 10.8. The van der Waals surface area contributed by atoms with E-state index in [0.717, 1.165) is 18.4 Å². The number of carbonyl (C=O) groups excluding carboxylic acids is 1. The van der Waals surface area contributed by atoms with E-state index in [1.807, 2.05) is 0 Å². The first kappa shape index (κ1) is 7.61. The van der Waals surface area contributed by atoms with Crippen molar-refractivity contribution in [3.05, 3.63) is 10.4 Å². The first-order valence-electron chi connectivity index (χ1n) is 3.75. The van der Waals surface area contributed by atoms with Crippen LogP contribution in [0.25, 0.3) is 0 Å². The van der Waals surface area contributed by atoms with Gasteiger partial charge in [-0.05, 0) is 12.8 Å². The van der Waals surface area contributed by atoms with Crippen molar-refractivity contribution in [2.45, 2.75) is 12.8 Å². The van der Waals surface area contributed by atoms with Gasteiger partial charge in [-0.3, -0.25) is 4.79 Å². The Bertz CT molecular complexity index is 316. The maximum absolute atomic E-state index is 10.4. The van der Waals surface area contributed by atoms with Gasteiger partial charge in [0, 0.05) is 5.56 Å². The van der Waals surface area contributed by atoms with Gasteiger partial charge in [-0.15, -0.1) is 0 Å². The molecule has 3 nitrogen and oxygen atoms in total. The van der Waals surface area contributed by atoms with Crippen molar-refractivity contribution in [2.75, 3.05) is 6.61 Å². The van der Waals surface area contributed by atoms with E-state index in [1.54, 1.807) is 0 Å². The number of carbonyl (C=O) groups is 1. The van der Waals surface area contributed by atoms with E-state index >= 15 is 0 Å². The molecule has 0 bridgehead atoms. The monoisotopic (exact) mass is 184 g/mol. The van der Waals surface area contributed by atoms with Crippen molar-refractivity contribution in [2.24, 2.45) is 0 Å². The van der Waals surface area contributed by atoms with Gasteiger partial charge in [0.25, 0.3) is 0 Å². The number of thiophene rings is 1. The second-order valence-electron chi connectivity index (χ2n) is 2.65. The van der Waals surface area contributed by atoms with E-state index in [4.69, 9.17) is 4.74 Å². The van der Waals surface area contributed by atoms with Crippen LogP contribution in [0, 0.1) is 0 Å². The molecule has 1 aliphatic rings. The molecule has 0 spiro atoms. The number of fused-ring (bicyclic) bond motifs is 1. The molecule has 1 N–H and O–H groups in total. The number of aromatic hydroxyl groups is 1. The largest absolute Gasteiger partial charge is 0.506 e. The Hall–Kier alpha value is -1.03. The van der Waals surface area contributed by atoms with Gasteiger partial charge in [-0.25, -0.2) is 0 Å². The number of rotatable bonds is 1. The quantitative estimate of drug-likeness (QED) is 0.674. The third-order valence-corrected chi connectivity index (χ3v) is 2.94. The van der Waals surface area contributed by atoms with Crippen LogP contribution in [0.15, 0.2) is 0 Å². The average molecular weight is 184 g/mol. The fourth-order valence-corrected chi connectivity index (χ4v) is 2.22. The number of hydrogen-bond donors (Lipinski definition) is 1. The molecule has 0 aliphatic carbocycles. The standard InChI is InChI=1S/C8H8O3S/c9-4-6-7(10)5-2-1-3-11-8(5)12-6/h4,10H,1-3H2. The van der Waals surface area contributed by atoms with Crippen molar-refractivity contribution in [3.8, 4) is 10.8 Å². The maximum Gasteiger partial charge on any atom is 0.181 e. The van der Waals surface area contributed by atoms with E-state index in [-0.39, 0.29) is 5.75 Å². The lowest BCUT2D eigenvalue weighted by molar-refractivity contribution is 0.112. The molecule has 0 radical (unpaired) electrons. The SMILES string of the molecule is O=Cc1sc2c(c1O)CCCO2. The van der Waals surface area contributed by atoms with Crippen LogP contribution in [0.5, 0.6) is 10.8 Å². The van der Waals surface area contributed by atoms with Crippen LogP contribution >= 0.6 is 11.3 Å². The average Bonchev–Trinajstić information content (AvgIpc) is 2.44. The minimum absolute atomic E-state index is 0.115. The summed E-state index contributed by atoms with van der Waals surface area (Å²) in [6.45, 7) is 0.686. The van der Waals surface area contributed by atoms with Crippen LogP contribution in [0.4, 0.5) is 0 Å². The van der Waals surface area contributed by atoms with Gasteiger partial charge in [-0.2, -0.15) is 0 Å². The lowest BCUT2D eigenvalue weighted by Crippen LogP contribution is -2.05. The summed E-state index contributed by atoms with van der Waals surface area (Å²) >= 11 is 1.22. The molecule has 0 aromatic carbocycles. The predicted octanol–water partition coefficient (Wildman–Crippen LogP) is 1.59. The Kier molecular flexibility index (Phi) is 1.77.